The lowest BCUT2D eigenvalue weighted by Crippen LogP contribution is -2.37. The summed E-state index contributed by atoms with van der Waals surface area (Å²) in [6.45, 7) is 6.57. The molecule has 0 spiro atoms. The molecule has 1 saturated heterocycles. The zero-order valence-electron chi connectivity index (χ0n) is 13.6. The Balaban J connectivity index is 1.71. The Hall–Kier alpha value is -1.55. The predicted octanol–water partition coefficient (Wildman–Crippen LogP) is 2.81. The molecule has 0 aromatic heterocycles. The number of nitrogens with zero attached hydrogens (tertiary/aromatic N) is 1. The van der Waals surface area contributed by atoms with Crippen LogP contribution in [0.2, 0.25) is 0 Å². The first-order valence-electron chi connectivity index (χ1n) is 8.44. The minimum absolute atomic E-state index is 0.268. The molecule has 1 fully saturated rings. The fourth-order valence-electron chi connectivity index (χ4n) is 3.50. The predicted molar refractivity (Wildman–Crippen MR) is 87.1 cm³/mol. The van der Waals surface area contributed by atoms with Crippen LogP contribution in [0, 0.1) is 6.92 Å². The van der Waals surface area contributed by atoms with Crippen LogP contribution < -0.4 is 10.1 Å². The molecular formula is C18H26N2O2. The Morgan fingerprint density at radius 1 is 1.41 bits per heavy atom. The van der Waals surface area contributed by atoms with Crippen LogP contribution in [0.3, 0.4) is 0 Å². The summed E-state index contributed by atoms with van der Waals surface area (Å²) in [6.07, 6.45) is 3.81. The zero-order chi connectivity index (χ0) is 15.5. The van der Waals surface area contributed by atoms with Crippen molar-refractivity contribution in [2.75, 3.05) is 19.7 Å². The molecule has 0 saturated carbocycles. The van der Waals surface area contributed by atoms with Gasteiger partial charge >= 0.3 is 0 Å². The van der Waals surface area contributed by atoms with Crippen molar-refractivity contribution in [2.45, 2.75) is 51.6 Å². The smallest absolute Gasteiger partial charge is 0.222 e. The molecule has 4 nitrogen and oxygen atoms in total. The summed E-state index contributed by atoms with van der Waals surface area (Å²) in [7, 11) is 0. The van der Waals surface area contributed by atoms with Crippen molar-refractivity contribution >= 4 is 5.91 Å². The highest BCUT2D eigenvalue weighted by Crippen LogP contribution is 2.33. The van der Waals surface area contributed by atoms with Crippen molar-refractivity contribution in [3.63, 3.8) is 0 Å². The molecule has 0 bridgehead atoms. The molecule has 1 aromatic carbocycles. The third-order valence-electron chi connectivity index (χ3n) is 4.72. The Morgan fingerprint density at radius 3 is 3.09 bits per heavy atom. The van der Waals surface area contributed by atoms with Gasteiger partial charge in [-0.3, -0.25) is 4.79 Å². The van der Waals surface area contributed by atoms with Crippen LogP contribution in [0.15, 0.2) is 18.2 Å². The lowest BCUT2D eigenvalue weighted by atomic mass is 9.99. The molecule has 0 radical (unpaired) electrons. The number of hydrogen-bond acceptors (Lipinski definition) is 3. The fraction of sp³-hybridized carbons (Fsp3) is 0.611. The molecule has 2 aliphatic rings. The van der Waals surface area contributed by atoms with Gasteiger partial charge in [-0.15, -0.1) is 0 Å². The number of aryl methyl sites for hydroxylation is 1. The van der Waals surface area contributed by atoms with Gasteiger partial charge in [-0.05, 0) is 32.3 Å². The molecule has 1 N–H and O–H groups in total. The van der Waals surface area contributed by atoms with Crippen LogP contribution in [0.5, 0.6) is 5.75 Å². The largest absolute Gasteiger partial charge is 0.493 e. The number of carbonyl (C=O) groups is 1. The second-order valence-corrected chi connectivity index (χ2v) is 6.43. The van der Waals surface area contributed by atoms with E-state index in [1.165, 1.54) is 11.1 Å². The van der Waals surface area contributed by atoms with Crippen LogP contribution in [0.4, 0.5) is 0 Å². The topological polar surface area (TPSA) is 41.6 Å². The van der Waals surface area contributed by atoms with Crippen molar-refractivity contribution in [3.8, 4) is 5.75 Å². The number of hydrogen-bond donors (Lipinski definition) is 1. The van der Waals surface area contributed by atoms with E-state index in [-0.39, 0.29) is 5.91 Å². The minimum atomic E-state index is 0.268. The Morgan fingerprint density at radius 2 is 2.27 bits per heavy atom. The molecule has 22 heavy (non-hydrogen) atoms. The second-order valence-electron chi connectivity index (χ2n) is 6.43. The van der Waals surface area contributed by atoms with Crippen molar-refractivity contribution in [2.24, 2.45) is 0 Å². The van der Waals surface area contributed by atoms with E-state index in [1.54, 1.807) is 0 Å². The molecular weight excluding hydrogens is 276 g/mol. The first-order chi connectivity index (χ1) is 10.7. The number of rotatable bonds is 3. The molecule has 2 atom stereocenters. The van der Waals surface area contributed by atoms with E-state index in [2.05, 4.69) is 30.4 Å². The van der Waals surface area contributed by atoms with Crippen molar-refractivity contribution in [1.82, 2.24) is 10.2 Å². The van der Waals surface area contributed by atoms with Crippen molar-refractivity contribution < 1.29 is 9.53 Å². The van der Waals surface area contributed by atoms with Gasteiger partial charge in [0, 0.05) is 37.2 Å². The highest BCUT2D eigenvalue weighted by molar-refractivity contribution is 5.76. The molecule has 1 amide bonds. The van der Waals surface area contributed by atoms with Crippen molar-refractivity contribution in [1.29, 1.82) is 0 Å². The first-order valence-corrected chi connectivity index (χ1v) is 8.44. The summed E-state index contributed by atoms with van der Waals surface area (Å²) >= 11 is 0. The van der Waals surface area contributed by atoms with Gasteiger partial charge in [0.2, 0.25) is 5.91 Å². The third-order valence-corrected chi connectivity index (χ3v) is 4.72. The number of fused-ring (bicyclic) bond motifs is 1. The summed E-state index contributed by atoms with van der Waals surface area (Å²) in [4.78, 5) is 13.8. The molecule has 1 aromatic rings. The van der Waals surface area contributed by atoms with Crippen LogP contribution >= 0.6 is 0 Å². The van der Waals surface area contributed by atoms with Gasteiger partial charge in [-0.25, -0.2) is 0 Å². The van der Waals surface area contributed by atoms with E-state index in [4.69, 9.17) is 4.74 Å². The van der Waals surface area contributed by atoms with E-state index in [0.29, 0.717) is 18.5 Å². The van der Waals surface area contributed by atoms with Crippen LogP contribution in [-0.2, 0) is 4.79 Å². The molecule has 2 aliphatic heterocycles. The average molecular weight is 302 g/mol. The van der Waals surface area contributed by atoms with Gasteiger partial charge in [0.25, 0.3) is 0 Å². The van der Waals surface area contributed by atoms with Crippen LogP contribution in [0.25, 0.3) is 0 Å². The second kappa shape index (κ2) is 6.69. The lowest BCUT2D eigenvalue weighted by Gasteiger charge is -2.23. The highest BCUT2D eigenvalue weighted by Gasteiger charge is 2.29. The number of benzene rings is 1. The maximum Gasteiger partial charge on any atom is 0.222 e. The summed E-state index contributed by atoms with van der Waals surface area (Å²) in [5.74, 6) is 1.28. The summed E-state index contributed by atoms with van der Waals surface area (Å²) in [5.41, 5.74) is 2.54. The number of ether oxygens (including phenoxy) is 1. The highest BCUT2D eigenvalue weighted by atomic mass is 16.5. The number of amides is 1. The zero-order valence-corrected chi connectivity index (χ0v) is 13.6. The molecule has 3 rings (SSSR count). The number of likely N-dealkylation sites (tertiary alicyclic amines) is 1. The van der Waals surface area contributed by atoms with E-state index < -0.39 is 0 Å². The monoisotopic (exact) mass is 302 g/mol. The Bertz CT molecular complexity index is 544. The van der Waals surface area contributed by atoms with Gasteiger partial charge in [-0.1, -0.05) is 24.6 Å². The van der Waals surface area contributed by atoms with E-state index in [9.17, 15) is 4.79 Å². The normalized spacial score (nSPS) is 24.5. The Kier molecular flexibility index (Phi) is 4.67. The van der Waals surface area contributed by atoms with E-state index >= 15 is 0 Å². The maximum absolute atomic E-state index is 11.8. The minimum Gasteiger partial charge on any atom is -0.493 e. The quantitative estimate of drug-likeness (QED) is 0.933. The molecule has 120 valence electrons. The van der Waals surface area contributed by atoms with E-state index in [0.717, 1.165) is 44.7 Å². The average Bonchev–Trinajstić information content (AvgIpc) is 2.90. The summed E-state index contributed by atoms with van der Waals surface area (Å²) in [6, 6.07) is 7.17. The molecule has 0 aliphatic carbocycles. The lowest BCUT2D eigenvalue weighted by molar-refractivity contribution is -0.129. The molecule has 4 heteroatoms. The van der Waals surface area contributed by atoms with Crippen molar-refractivity contribution in [3.05, 3.63) is 29.3 Å². The van der Waals surface area contributed by atoms with Gasteiger partial charge in [0.05, 0.1) is 6.61 Å². The van der Waals surface area contributed by atoms with Gasteiger partial charge in [0.1, 0.15) is 5.75 Å². The fourth-order valence-corrected chi connectivity index (χ4v) is 3.50. The first kappa shape index (κ1) is 15.3. The van der Waals surface area contributed by atoms with Gasteiger partial charge in [0.15, 0.2) is 0 Å². The van der Waals surface area contributed by atoms with Crippen LogP contribution in [-0.4, -0.2) is 36.5 Å². The molecule has 0 unspecified atom stereocenters. The van der Waals surface area contributed by atoms with Crippen LogP contribution in [0.1, 0.15) is 49.8 Å². The SMILES string of the molecule is CCC(=O)N1CC[C@H](N[C@H]2CCCOc3ccc(C)cc32)C1. The standard InChI is InChI=1S/C18H26N2O2/c1-3-18(21)20-9-8-14(12-20)19-16-5-4-10-22-17-7-6-13(2)11-15(16)17/h6-7,11,14,16,19H,3-5,8-10,12H2,1-2H3/t14-,16-/m0/s1. The molecule has 2 heterocycles. The van der Waals surface area contributed by atoms with Gasteiger partial charge < -0.3 is 15.0 Å². The van der Waals surface area contributed by atoms with Gasteiger partial charge in [-0.2, -0.15) is 0 Å². The Labute approximate surface area is 132 Å². The number of carbonyl (C=O) groups excluding carboxylic acids is 1. The number of nitrogens with one attached hydrogen (secondary N) is 1. The summed E-state index contributed by atoms with van der Waals surface area (Å²) < 4.78 is 5.87. The summed E-state index contributed by atoms with van der Waals surface area (Å²) in [5, 5.41) is 3.78. The van der Waals surface area contributed by atoms with E-state index in [1.807, 2.05) is 11.8 Å². The maximum atomic E-state index is 11.8. The third kappa shape index (κ3) is 3.27.